The van der Waals surface area contributed by atoms with Crippen LogP contribution in [-0.4, -0.2) is 55.7 Å². The standard InChI is InChI=1S/C42H45N3O9S.2Na/c1-2-45(34-20-16-31(17-21-34)42(50)51)55(52,53)36-5-3-4-32(24-36)39(46)44-38-23-22-35(54-26-29-8-9-29)25-37(38)40(47)43-33-18-12-28(13-19-33)7-6-27-10-14-30(15-11-27)41(48)49;;/h3-5,10-15,18-19,22-25,29,31,34H,2,6-9,16-17,20-21,26H2,1H3,(H,43,47)(H,44,46)(H,48,49)(H,50,51);;/q;2*+1/p-2. The van der Waals surface area contributed by atoms with Crippen LogP contribution in [0.15, 0.2) is 95.9 Å². The van der Waals surface area contributed by atoms with Crippen LogP contribution in [0.25, 0.3) is 0 Å². The zero-order chi connectivity index (χ0) is 39.1. The zero-order valence-corrected chi connectivity index (χ0v) is 37.3. The molecule has 0 aromatic heterocycles. The monoisotopic (exact) mass is 811 g/mol. The number of carboxylic acids is 2. The van der Waals surface area contributed by atoms with Gasteiger partial charge in [0, 0.05) is 29.8 Å². The van der Waals surface area contributed by atoms with Crippen molar-refractivity contribution in [2.45, 2.75) is 69.2 Å². The van der Waals surface area contributed by atoms with Gasteiger partial charge in [0.15, 0.2) is 0 Å². The third-order valence-electron chi connectivity index (χ3n) is 10.2. The molecule has 0 bridgehead atoms. The number of aryl methyl sites for hydroxylation is 2. The molecule has 2 saturated carbocycles. The minimum absolute atomic E-state index is 0. The van der Waals surface area contributed by atoms with Crippen LogP contribution in [0.3, 0.4) is 0 Å². The molecule has 2 aliphatic rings. The molecule has 12 nitrogen and oxygen atoms in total. The van der Waals surface area contributed by atoms with E-state index in [0.717, 1.165) is 24.0 Å². The molecule has 2 N–H and O–H groups in total. The van der Waals surface area contributed by atoms with Gasteiger partial charge in [-0.25, -0.2) is 8.42 Å². The number of rotatable bonds is 16. The quantitative estimate of drug-likeness (QED) is 0.127. The smallest absolute Gasteiger partial charge is 0.550 e. The Bertz CT molecular complexity index is 2150. The van der Waals surface area contributed by atoms with Gasteiger partial charge < -0.3 is 35.2 Å². The summed E-state index contributed by atoms with van der Waals surface area (Å²) in [5, 5.41) is 28.0. The molecule has 2 amide bonds. The molecule has 4 aromatic rings. The minimum Gasteiger partial charge on any atom is -0.550 e. The Morgan fingerprint density at radius 3 is 1.95 bits per heavy atom. The molecule has 57 heavy (non-hydrogen) atoms. The number of nitrogens with zero attached hydrogens (tertiary/aromatic N) is 1. The Morgan fingerprint density at radius 2 is 1.37 bits per heavy atom. The number of aliphatic carboxylic acids is 1. The summed E-state index contributed by atoms with van der Waals surface area (Å²) < 4.78 is 34.9. The molecule has 0 radical (unpaired) electrons. The van der Waals surface area contributed by atoms with E-state index in [4.69, 9.17) is 4.74 Å². The number of ether oxygens (including phenoxy) is 1. The number of carboxylic acid groups (broad SMARTS) is 2. The molecular weight excluding hydrogens is 769 g/mol. The molecule has 15 heteroatoms. The largest absolute Gasteiger partial charge is 1.00 e. The van der Waals surface area contributed by atoms with Gasteiger partial charge in [0.2, 0.25) is 10.0 Å². The number of aromatic carboxylic acids is 1. The van der Waals surface area contributed by atoms with E-state index in [-0.39, 0.29) is 99.0 Å². The van der Waals surface area contributed by atoms with Crippen molar-refractivity contribution in [3.05, 3.63) is 119 Å². The van der Waals surface area contributed by atoms with Gasteiger partial charge in [0.25, 0.3) is 11.8 Å². The maximum Gasteiger partial charge on any atom is 1.00 e. The summed E-state index contributed by atoms with van der Waals surface area (Å²) in [6.45, 7) is 2.42. The van der Waals surface area contributed by atoms with Gasteiger partial charge in [-0.15, -0.1) is 0 Å². The normalized spacial score (nSPS) is 16.4. The first-order valence-corrected chi connectivity index (χ1v) is 20.0. The number of amides is 2. The average Bonchev–Trinajstić information content (AvgIpc) is 4.02. The minimum atomic E-state index is -4.03. The molecule has 288 valence electrons. The van der Waals surface area contributed by atoms with Crippen molar-refractivity contribution in [3.63, 3.8) is 0 Å². The van der Waals surface area contributed by atoms with Crippen LogP contribution in [0.2, 0.25) is 0 Å². The second-order valence-electron chi connectivity index (χ2n) is 14.1. The predicted molar refractivity (Wildman–Crippen MR) is 202 cm³/mol. The van der Waals surface area contributed by atoms with Gasteiger partial charge in [-0.1, -0.05) is 49.4 Å². The first-order valence-electron chi connectivity index (χ1n) is 18.5. The maximum absolute atomic E-state index is 13.8. The molecule has 0 unspecified atom stereocenters. The van der Waals surface area contributed by atoms with Crippen molar-refractivity contribution >= 4 is 45.2 Å². The zero-order valence-electron chi connectivity index (χ0n) is 32.5. The summed E-state index contributed by atoms with van der Waals surface area (Å²) in [6, 6.07) is 24.1. The van der Waals surface area contributed by atoms with E-state index in [1.54, 1.807) is 49.4 Å². The van der Waals surface area contributed by atoms with E-state index in [1.165, 1.54) is 40.7 Å². The summed E-state index contributed by atoms with van der Waals surface area (Å²) in [5.74, 6) is -3.09. The average molecular weight is 812 g/mol. The van der Waals surface area contributed by atoms with Gasteiger partial charge in [0.1, 0.15) is 5.75 Å². The van der Waals surface area contributed by atoms with E-state index >= 15 is 0 Å². The van der Waals surface area contributed by atoms with Crippen LogP contribution >= 0.6 is 0 Å². The van der Waals surface area contributed by atoms with E-state index in [2.05, 4.69) is 10.6 Å². The van der Waals surface area contributed by atoms with Crippen molar-refractivity contribution in [2.75, 3.05) is 23.8 Å². The summed E-state index contributed by atoms with van der Waals surface area (Å²) in [6.07, 6.45) is 5.01. The van der Waals surface area contributed by atoms with Gasteiger partial charge in [0.05, 0.1) is 28.7 Å². The van der Waals surface area contributed by atoms with E-state index in [0.29, 0.717) is 62.5 Å². The molecule has 2 fully saturated rings. The third-order valence-corrected chi connectivity index (χ3v) is 12.2. The van der Waals surface area contributed by atoms with E-state index < -0.39 is 39.7 Å². The van der Waals surface area contributed by atoms with Crippen LogP contribution in [0, 0.1) is 11.8 Å². The van der Waals surface area contributed by atoms with Crippen LogP contribution in [0.1, 0.15) is 87.6 Å². The Kier molecular flexibility index (Phi) is 17.0. The molecule has 6 rings (SSSR count). The molecule has 0 saturated heterocycles. The van der Waals surface area contributed by atoms with Crippen molar-refractivity contribution in [2.24, 2.45) is 11.8 Å². The number of carbonyl (C=O) groups is 4. The molecular formula is C42H43N3Na2O9S. The van der Waals surface area contributed by atoms with Crippen molar-refractivity contribution in [1.29, 1.82) is 0 Å². The van der Waals surface area contributed by atoms with Gasteiger partial charge in [-0.2, -0.15) is 4.31 Å². The van der Waals surface area contributed by atoms with Gasteiger partial charge in [-0.05, 0) is 128 Å². The van der Waals surface area contributed by atoms with Crippen LogP contribution in [0.5, 0.6) is 5.75 Å². The third kappa shape index (κ3) is 12.2. The Balaban J connectivity index is 0.00000360. The maximum atomic E-state index is 13.8. The molecule has 0 heterocycles. The molecule has 0 spiro atoms. The summed E-state index contributed by atoms with van der Waals surface area (Å²) in [4.78, 5) is 49.7. The first-order chi connectivity index (χ1) is 26.4. The second-order valence-corrected chi connectivity index (χ2v) is 16.0. The SMILES string of the molecule is CCN(C1CCC(C(=O)[O-])CC1)S(=O)(=O)c1cccc(C(=O)Nc2ccc(OCC3CC3)cc2C(=O)Nc2ccc(CCc3ccc(C(=O)[O-])cc3)cc2)c1.[Na+].[Na+]. The Hall–Kier alpha value is -3.53. The number of benzene rings is 4. The number of anilines is 2. The summed E-state index contributed by atoms with van der Waals surface area (Å²) in [7, 11) is -4.03. The molecule has 0 atom stereocenters. The number of sulfonamides is 1. The van der Waals surface area contributed by atoms with Crippen LogP contribution in [-0.2, 0) is 27.7 Å². The fraction of sp³-hybridized carbons (Fsp3) is 0.333. The molecule has 0 aliphatic heterocycles. The van der Waals surface area contributed by atoms with Gasteiger partial charge >= 0.3 is 59.1 Å². The van der Waals surface area contributed by atoms with Crippen molar-refractivity contribution in [3.8, 4) is 5.75 Å². The molecule has 4 aromatic carbocycles. The van der Waals surface area contributed by atoms with Crippen molar-refractivity contribution in [1.82, 2.24) is 4.31 Å². The number of nitrogens with one attached hydrogen (secondary N) is 2. The summed E-state index contributed by atoms with van der Waals surface area (Å²) in [5.41, 5.74) is 3.07. The van der Waals surface area contributed by atoms with Crippen LogP contribution < -0.4 is 84.7 Å². The fourth-order valence-electron chi connectivity index (χ4n) is 6.81. The predicted octanol–water partition coefficient (Wildman–Crippen LogP) is -1.54. The van der Waals surface area contributed by atoms with E-state index in [9.17, 15) is 37.8 Å². The first kappa shape index (κ1) is 46.2. The Labute approximate surface area is 377 Å². The molecule has 2 aliphatic carbocycles. The number of hydrogen-bond donors (Lipinski definition) is 2. The topological polar surface area (TPSA) is 185 Å². The van der Waals surface area contributed by atoms with Crippen molar-refractivity contribution < 1.29 is 102 Å². The van der Waals surface area contributed by atoms with Crippen LogP contribution in [0.4, 0.5) is 11.4 Å². The number of carbonyl (C=O) groups excluding carboxylic acids is 4. The fourth-order valence-corrected chi connectivity index (χ4v) is 8.55. The second kappa shape index (κ2) is 20.9. The summed E-state index contributed by atoms with van der Waals surface area (Å²) >= 11 is 0. The van der Waals surface area contributed by atoms with E-state index in [1.807, 2.05) is 12.1 Å². The number of hydrogen-bond acceptors (Lipinski definition) is 9. The Morgan fingerprint density at radius 1 is 0.737 bits per heavy atom. The van der Waals surface area contributed by atoms with Gasteiger partial charge in [-0.3, -0.25) is 9.59 Å².